The number of rotatable bonds is 6. The Hall–Kier alpha value is -3.16. The van der Waals surface area contributed by atoms with Gasteiger partial charge in [0.2, 0.25) is 0 Å². The maximum absolute atomic E-state index is 13.9. The fraction of sp³-hybridized carbons (Fsp3) is 0.308. The van der Waals surface area contributed by atoms with Crippen LogP contribution in [0.5, 0.6) is 5.75 Å². The van der Waals surface area contributed by atoms with Crippen LogP contribution in [-0.2, 0) is 13.0 Å². The smallest absolute Gasteiger partial charge is 0.149 e. The number of halogens is 2. The fourth-order valence-corrected chi connectivity index (χ4v) is 2.80. The average molecular weight is 461 g/mol. The molecule has 0 unspecified atom stereocenters. The van der Waals surface area contributed by atoms with Crippen molar-refractivity contribution in [2.75, 3.05) is 24.6 Å². The van der Waals surface area contributed by atoms with Crippen LogP contribution >= 0.6 is 0 Å². The summed E-state index contributed by atoms with van der Waals surface area (Å²) in [6.07, 6.45) is 1.26. The summed E-state index contributed by atoms with van der Waals surface area (Å²) in [6, 6.07) is 16.6. The molecule has 33 heavy (non-hydrogen) atoms. The lowest BCUT2D eigenvalue weighted by atomic mass is 10.0. The molecule has 182 valence electrons. The van der Waals surface area contributed by atoms with Gasteiger partial charge in [-0.05, 0) is 42.8 Å². The van der Waals surface area contributed by atoms with E-state index in [1.54, 1.807) is 24.3 Å². The van der Waals surface area contributed by atoms with Crippen molar-refractivity contribution >= 4 is 11.4 Å². The predicted octanol–water partition coefficient (Wildman–Crippen LogP) is 5.41. The van der Waals surface area contributed by atoms with Gasteiger partial charge in [0.25, 0.3) is 0 Å². The standard InChI is InChI=1S/C16H18F2N2.C7H9NO.C2H6.CH5N/c1-2-7-20-16-12(9-13(17)10-14(16)18)8-11-5-3-4-6-15(11)19;8-5-6-3-1-2-4-7(6)9;2*1-2/h3-6,9-10,20H,2,7-8,19H2,1H3;1-4,9H,5,8H2;1-2H3;2H2,1H3. The van der Waals surface area contributed by atoms with E-state index in [1.807, 2.05) is 45.0 Å². The fourth-order valence-electron chi connectivity index (χ4n) is 2.80. The van der Waals surface area contributed by atoms with Crippen molar-refractivity contribution in [1.82, 2.24) is 0 Å². The van der Waals surface area contributed by atoms with E-state index in [0.29, 0.717) is 36.4 Å². The molecular weight excluding hydrogens is 422 g/mol. The quantitative estimate of drug-likeness (QED) is 0.316. The van der Waals surface area contributed by atoms with E-state index in [0.717, 1.165) is 23.6 Å². The number of nitrogens with one attached hydrogen (secondary N) is 1. The first kappa shape index (κ1) is 29.8. The van der Waals surface area contributed by atoms with E-state index < -0.39 is 11.6 Å². The van der Waals surface area contributed by atoms with E-state index >= 15 is 0 Å². The van der Waals surface area contributed by atoms with E-state index in [2.05, 4.69) is 11.1 Å². The Bertz CT molecular complexity index is 936. The second-order valence-corrected chi connectivity index (χ2v) is 6.56. The van der Waals surface area contributed by atoms with E-state index in [1.165, 1.54) is 13.1 Å². The highest BCUT2D eigenvalue weighted by Gasteiger charge is 2.12. The van der Waals surface area contributed by atoms with Crippen LogP contribution in [-0.4, -0.2) is 18.7 Å². The SMILES string of the molecule is CC.CCCNc1c(F)cc(F)cc1Cc1ccccc1N.CN.NCc1ccccc1O. The maximum Gasteiger partial charge on any atom is 0.149 e. The molecule has 0 aliphatic carbocycles. The van der Waals surface area contributed by atoms with Gasteiger partial charge in [0.05, 0.1) is 5.69 Å². The normalized spacial score (nSPS) is 9.33. The Kier molecular flexibility index (Phi) is 15.7. The average Bonchev–Trinajstić information content (AvgIpc) is 2.83. The van der Waals surface area contributed by atoms with Crippen molar-refractivity contribution in [2.24, 2.45) is 11.5 Å². The summed E-state index contributed by atoms with van der Waals surface area (Å²) in [5.41, 5.74) is 18.9. The number of nitrogens with two attached hydrogens (primary N) is 3. The molecule has 5 nitrogen and oxygen atoms in total. The second kappa shape index (κ2) is 17.4. The van der Waals surface area contributed by atoms with Crippen LogP contribution in [0.3, 0.4) is 0 Å². The number of hydrogen-bond donors (Lipinski definition) is 5. The van der Waals surface area contributed by atoms with Gasteiger partial charge in [0.1, 0.15) is 17.4 Å². The highest BCUT2D eigenvalue weighted by atomic mass is 19.1. The molecule has 0 spiro atoms. The lowest BCUT2D eigenvalue weighted by Gasteiger charge is -2.14. The minimum atomic E-state index is -0.575. The third kappa shape index (κ3) is 10.3. The van der Waals surface area contributed by atoms with Gasteiger partial charge in [-0.3, -0.25) is 0 Å². The summed E-state index contributed by atoms with van der Waals surface area (Å²) in [4.78, 5) is 0. The van der Waals surface area contributed by atoms with E-state index in [9.17, 15) is 8.78 Å². The number of nitrogen functional groups attached to an aromatic ring is 1. The lowest BCUT2D eigenvalue weighted by molar-refractivity contribution is 0.468. The molecule has 3 aromatic carbocycles. The molecular formula is C26H38F2N4O. The monoisotopic (exact) mass is 460 g/mol. The molecule has 7 heteroatoms. The van der Waals surface area contributed by atoms with Gasteiger partial charge in [0.15, 0.2) is 0 Å². The number of phenols is 1. The number of para-hydroxylation sites is 2. The Morgan fingerprint density at radius 2 is 1.45 bits per heavy atom. The van der Waals surface area contributed by atoms with E-state index in [-0.39, 0.29) is 5.75 Å². The molecule has 0 aliphatic heterocycles. The highest BCUT2D eigenvalue weighted by Crippen LogP contribution is 2.26. The topological polar surface area (TPSA) is 110 Å². The third-order valence-corrected chi connectivity index (χ3v) is 4.34. The Morgan fingerprint density at radius 1 is 0.879 bits per heavy atom. The van der Waals surface area contributed by atoms with Gasteiger partial charge in [-0.1, -0.05) is 57.2 Å². The molecule has 0 aliphatic rings. The first-order valence-electron chi connectivity index (χ1n) is 11.1. The summed E-state index contributed by atoms with van der Waals surface area (Å²) in [7, 11) is 1.50. The minimum Gasteiger partial charge on any atom is -0.508 e. The number of phenolic OH excluding ortho intramolecular Hbond substituents is 1. The summed E-state index contributed by atoms with van der Waals surface area (Å²) < 4.78 is 27.3. The molecule has 0 saturated heterocycles. The Labute approximate surface area is 196 Å². The molecule has 0 amide bonds. The van der Waals surface area contributed by atoms with Crippen LogP contribution in [0.4, 0.5) is 20.2 Å². The third-order valence-electron chi connectivity index (χ3n) is 4.34. The van der Waals surface area contributed by atoms with Crippen molar-refractivity contribution in [1.29, 1.82) is 0 Å². The predicted molar refractivity (Wildman–Crippen MR) is 136 cm³/mol. The minimum absolute atomic E-state index is 0.278. The largest absolute Gasteiger partial charge is 0.508 e. The number of hydrogen-bond acceptors (Lipinski definition) is 5. The van der Waals surface area contributed by atoms with Crippen molar-refractivity contribution in [2.45, 2.75) is 40.2 Å². The van der Waals surface area contributed by atoms with Gasteiger partial charge in [-0.2, -0.15) is 0 Å². The molecule has 0 saturated carbocycles. The van der Waals surface area contributed by atoms with Crippen molar-refractivity contribution < 1.29 is 13.9 Å². The zero-order valence-electron chi connectivity index (χ0n) is 20.0. The zero-order valence-corrected chi connectivity index (χ0v) is 20.0. The first-order chi connectivity index (χ1) is 16.0. The number of anilines is 2. The van der Waals surface area contributed by atoms with Crippen LogP contribution < -0.4 is 22.5 Å². The number of aromatic hydroxyl groups is 1. The molecule has 8 N–H and O–H groups in total. The van der Waals surface area contributed by atoms with Gasteiger partial charge in [-0.25, -0.2) is 8.78 Å². The van der Waals surface area contributed by atoms with Crippen LogP contribution in [0.15, 0.2) is 60.7 Å². The van der Waals surface area contributed by atoms with Crippen molar-refractivity contribution in [3.63, 3.8) is 0 Å². The summed E-state index contributed by atoms with van der Waals surface area (Å²) >= 11 is 0. The van der Waals surface area contributed by atoms with Crippen LogP contribution in [0, 0.1) is 11.6 Å². The Balaban J connectivity index is 0.000000658. The highest BCUT2D eigenvalue weighted by molar-refractivity contribution is 5.57. The molecule has 3 rings (SSSR count). The Morgan fingerprint density at radius 3 is 1.97 bits per heavy atom. The van der Waals surface area contributed by atoms with Gasteiger partial charge in [-0.15, -0.1) is 0 Å². The maximum atomic E-state index is 13.9. The summed E-state index contributed by atoms with van der Waals surface area (Å²) in [5.74, 6) is -0.864. The van der Waals surface area contributed by atoms with Gasteiger partial charge < -0.3 is 27.6 Å². The van der Waals surface area contributed by atoms with E-state index in [4.69, 9.17) is 16.6 Å². The molecule has 0 radical (unpaired) electrons. The van der Waals surface area contributed by atoms with Gasteiger partial charge in [0, 0.05) is 36.8 Å². The van der Waals surface area contributed by atoms with Gasteiger partial charge >= 0.3 is 0 Å². The second-order valence-electron chi connectivity index (χ2n) is 6.56. The van der Waals surface area contributed by atoms with Crippen molar-refractivity contribution in [3.8, 4) is 5.75 Å². The van der Waals surface area contributed by atoms with Crippen LogP contribution in [0.2, 0.25) is 0 Å². The molecule has 0 bridgehead atoms. The first-order valence-corrected chi connectivity index (χ1v) is 11.1. The lowest BCUT2D eigenvalue weighted by Crippen LogP contribution is -2.07. The molecule has 0 atom stereocenters. The molecule has 0 aromatic heterocycles. The van der Waals surface area contributed by atoms with Crippen LogP contribution in [0.25, 0.3) is 0 Å². The summed E-state index contributed by atoms with van der Waals surface area (Å²) in [5, 5.41) is 12.0. The summed E-state index contributed by atoms with van der Waals surface area (Å²) in [6.45, 7) is 7.02. The zero-order chi connectivity index (χ0) is 25.2. The van der Waals surface area contributed by atoms with Crippen molar-refractivity contribution in [3.05, 3.63) is 89.0 Å². The molecule has 0 heterocycles. The van der Waals surface area contributed by atoms with Crippen LogP contribution in [0.1, 0.15) is 43.9 Å². The molecule has 3 aromatic rings. The number of benzene rings is 3. The molecule has 0 fully saturated rings.